The van der Waals surface area contributed by atoms with Crippen LogP contribution >= 0.6 is 24.0 Å². The van der Waals surface area contributed by atoms with Gasteiger partial charge in [0.2, 0.25) is 0 Å². The van der Waals surface area contributed by atoms with Crippen LogP contribution in [0.1, 0.15) is 25.3 Å². The van der Waals surface area contributed by atoms with E-state index in [1.165, 1.54) is 5.56 Å². The van der Waals surface area contributed by atoms with E-state index in [1.807, 2.05) is 36.4 Å². The van der Waals surface area contributed by atoms with Gasteiger partial charge in [0.25, 0.3) is 0 Å². The Morgan fingerprint density at radius 3 is 2.17 bits per heavy atom. The number of aliphatic hydroxyl groups excluding tert-OH is 1. The highest BCUT2D eigenvalue weighted by Gasteiger charge is 2.19. The van der Waals surface area contributed by atoms with Crippen LogP contribution in [0.5, 0.6) is 17.2 Å². The van der Waals surface area contributed by atoms with Crippen molar-refractivity contribution in [2.24, 2.45) is 4.99 Å². The first-order valence-corrected chi connectivity index (χ1v) is 10.3. The van der Waals surface area contributed by atoms with Crippen LogP contribution in [0, 0.1) is 0 Å². The van der Waals surface area contributed by atoms with Gasteiger partial charge < -0.3 is 24.8 Å². The minimum atomic E-state index is -0.173. The van der Waals surface area contributed by atoms with Gasteiger partial charge >= 0.3 is 0 Å². The molecule has 0 bridgehead atoms. The van der Waals surface area contributed by atoms with Crippen molar-refractivity contribution < 1.29 is 14.6 Å². The van der Waals surface area contributed by atoms with E-state index in [9.17, 15) is 5.11 Å². The van der Waals surface area contributed by atoms with E-state index in [2.05, 4.69) is 29.3 Å². The normalized spacial score (nSPS) is 14.8. The summed E-state index contributed by atoms with van der Waals surface area (Å²) in [6.07, 6.45) is 2.31. The molecule has 2 N–H and O–H groups in total. The fraction of sp³-hybridized carbons (Fsp3) is 0.435. The highest BCUT2D eigenvalue weighted by molar-refractivity contribution is 14.0. The molecule has 1 aliphatic heterocycles. The van der Waals surface area contributed by atoms with E-state index in [4.69, 9.17) is 14.5 Å². The minimum absolute atomic E-state index is 0. The van der Waals surface area contributed by atoms with Crippen molar-refractivity contribution in [2.45, 2.75) is 32.3 Å². The number of ether oxygens (including phenoxy) is 2. The van der Waals surface area contributed by atoms with Crippen LogP contribution < -0.4 is 14.8 Å². The first kappa shape index (κ1) is 24.3. The van der Waals surface area contributed by atoms with Crippen molar-refractivity contribution in [3.8, 4) is 17.2 Å². The zero-order valence-corrected chi connectivity index (χ0v) is 20.0. The van der Waals surface area contributed by atoms with Crippen LogP contribution in [-0.4, -0.2) is 55.4 Å². The van der Waals surface area contributed by atoms with Crippen LogP contribution in [0.25, 0.3) is 0 Å². The molecule has 1 fully saturated rings. The third-order valence-electron chi connectivity index (χ3n) is 4.98. The molecular weight excluding hydrogens is 493 g/mol. The Balaban J connectivity index is 0.00000320. The number of hydrogen-bond donors (Lipinski definition) is 2. The summed E-state index contributed by atoms with van der Waals surface area (Å²) in [4.78, 5) is 7.01. The first-order chi connectivity index (χ1) is 14.2. The Morgan fingerprint density at radius 2 is 1.60 bits per heavy atom. The molecular formula is C23H32IN3O3. The molecule has 3 rings (SSSR count). The van der Waals surface area contributed by atoms with Crippen LogP contribution in [0.2, 0.25) is 0 Å². The Kier molecular flexibility index (Phi) is 10.2. The third-order valence-corrected chi connectivity index (χ3v) is 4.98. The van der Waals surface area contributed by atoms with E-state index in [1.54, 1.807) is 7.11 Å². The number of piperidine rings is 1. The molecule has 30 heavy (non-hydrogen) atoms. The summed E-state index contributed by atoms with van der Waals surface area (Å²) in [7, 11) is 1.65. The zero-order chi connectivity index (χ0) is 20.5. The summed E-state index contributed by atoms with van der Waals surface area (Å²) in [5.74, 6) is 3.34. The number of hydrogen-bond acceptors (Lipinski definition) is 4. The number of guanidine groups is 1. The number of benzene rings is 2. The minimum Gasteiger partial charge on any atom is -0.497 e. The molecule has 1 saturated heterocycles. The number of nitrogens with zero attached hydrogens (tertiary/aromatic N) is 2. The monoisotopic (exact) mass is 525 g/mol. The summed E-state index contributed by atoms with van der Waals surface area (Å²) in [6, 6.07) is 15.7. The SMILES string of the molecule is CCNC(=NCCc1ccc(Oc2ccc(OC)cc2)cc1)N1CCC(O)CC1.I. The van der Waals surface area contributed by atoms with Gasteiger partial charge in [0.05, 0.1) is 13.2 Å². The molecule has 6 nitrogen and oxygen atoms in total. The van der Waals surface area contributed by atoms with Gasteiger partial charge in [-0.05, 0) is 68.1 Å². The predicted molar refractivity (Wildman–Crippen MR) is 131 cm³/mol. The molecule has 1 heterocycles. The summed E-state index contributed by atoms with van der Waals surface area (Å²) < 4.78 is 11.0. The second-order valence-corrected chi connectivity index (χ2v) is 7.13. The van der Waals surface area contributed by atoms with Crippen molar-refractivity contribution in [1.82, 2.24) is 10.2 Å². The Labute approximate surface area is 196 Å². The number of nitrogens with one attached hydrogen (secondary N) is 1. The molecule has 2 aromatic rings. The second-order valence-electron chi connectivity index (χ2n) is 7.13. The number of halogens is 1. The molecule has 164 valence electrons. The maximum Gasteiger partial charge on any atom is 0.193 e. The number of aliphatic hydroxyl groups is 1. The van der Waals surface area contributed by atoms with Crippen LogP contribution in [0.3, 0.4) is 0 Å². The Hall–Kier alpha value is -2.00. The highest BCUT2D eigenvalue weighted by Crippen LogP contribution is 2.24. The largest absolute Gasteiger partial charge is 0.497 e. The van der Waals surface area contributed by atoms with Gasteiger partial charge in [-0.2, -0.15) is 0 Å². The molecule has 2 aromatic carbocycles. The molecule has 0 amide bonds. The lowest BCUT2D eigenvalue weighted by atomic mass is 10.1. The number of likely N-dealkylation sites (tertiary alicyclic amines) is 1. The van der Waals surface area contributed by atoms with Crippen molar-refractivity contribution in [2.75, 3.05) is 33.3 Å². The van der Waals surface area contributed by atoms with E-state index in [0.717, 1.165) is 68.6 Å². The molecule has 7 heteroatoms. The topological polar surface area (TPSA) is 66.3 Å². The smallest absolute Gasteiger partial charge is 0.193 e. The number of aliphatic imine (C=N–C) groups is 1. The maximum atomic E-state index is 9.70. The van der Waals surface area contributed by atoms with Crippen LogP contribution in [0.4, 0.5) is 0 Å². The molecule has 0 aliphatic carbocycles. The third kappa shape index (κ3) is 7.36. The fourth-order valence-electron chi connectivity index (χ4n) is 3.30. The van der Waals surface area contributed by atoms with Gasteiger partial charge in [0.15, 0.2) is 5.96 Å². The number of rotatable bonds is 7. The van der Waals surface area contributed by atoms with E-state index in [0.29, 0.717) is 0 Å². The van der Waals surface area contributed by atoms with Gasteiger partial charge in [-0.15, -0.1) is 24.0 Å². The van der Waals surface area contributed by atoms with E-state index < -0.39 is 0 Å². The predicted octanol–water partition coefficient (Wildman–Crippen LogP) is 4.07. The highest BCUT2D eigenvalue weighted by atomic mass is 127. The summed E-state index contributed by atoms with van der Waals surface area (Å²) >= 11 is 0. The van der Waals surface area contributed by atoms with Gasteiger partial charge in [-0.25, -0.2) is 0 Å². The average molecular weight is 525 g/mol. The van der Waals surface area contributed by atoms with Gasteiger partial charge in [0.1, 0.15) is 17.2 Å². The molecule has 0 unspecified atom stereocenters. The van der Waals surface area contributed by atoms with Crippen LogP contribution in [0.15, 0.2) is 53.5 Å². The summed E-state index contributed by atoms with van der Waals surface area (Å²) in [6.45, 7) is 5.35. The van der Waals surface area contributed by atoms with Crippen molar-refractivity contribution in [3.05, 3.63) is 54.1 Å². The molecule has 0 radical (unpaired) electrons. The van der Waals surface area contributed by atoms with E-state index in [-0.39, 0.29) is 30.1 Å². The number of methoxy groups -OCH3 is 1. The van der Waals surface area contributed by atoms with Gasteiger partial charge in [0, 0.05) is 26.2 Å². The Morgan fingerprint density at radius 1 is 1.03 bits per heavy atom. The molecule has 0 atom stereocenters. The van der Waals surface area contributed by atoms with Crippen molar-refractivity contribution >= 4 is 29.9 Å². The lowest BCUT2D eigenvalue weighted by molar-refractivity contribution is 0.108. The van der Waals surface area contributed by atoms with Crippen molar-refractivity contribution in [3.63, 3.8) is 0 Å². The summed E-state index contributed by atoms with van der Waals surface area (Å²) in [5.41, 5.74) is 1.22. The zero-order valence-electron chi connectivity index (χ0n) is 17.7. The molecule has 1 aliphatic rings. The molecule has 0 saturated carbocycles. The van der Waals surface area contributed by atoms with E-state index >= 15 is 0 Å². The quantitative estimate of drug-likeness (QED) is 0.324. The standard InChI is InChI=1S/C23H31N3O3.HI/c1-3-24-23(26-16-13-19(27)14-17-26)25-15-12-18-4-6-21(7-5-18)29-22-10-8-20(28-2)9-11-22;/h4-11,19,27H,3,12-17H2,1-2H3,(H,24,25);1H. The molecule has 0 spiro atoms. The second kappa shape index (κ2) is 12.6. The average Bonchev–Trinajstić information content (AvgIpc) is 2.75. The summed E-state index contributed by atoms with van der Waals surface area (Å²) in [5, 5.41) is 13.1. The fourth-order valence-corrected chi connectivity index (χ4v) is 3.30. The molecule has 0 aromatic heterocycles. The Bertz CT molecular complexity index is 773. The van der Waals surface area contributed by atoms with Gasteiger partial charge in [-0.3, -0.25) is 4.99 Å². The van der Waals surface area contributed by atoms with Crippen molar-refractivity contribution in [1.29, 1.82) is 0 Å². The maximum absolute atomic E-state index is 9.70. The first-order valence-electron chi connectivity index (χ1n) is 10.3. The van der Waals surface area contributed by atoms with Crippen LogP contribution in [-0.2, 0) is 6.42 Å². The lowest BCUT2D eigenvalue weighted by Gasteiger charge is -2.32. The lowest BCUT2D eigenvalue weighted by Crippen LogP contribution is -2.46. The van der Waals surface area contributed by atoms with Gasteiger partial charge in [-0.1, -0.05) is 12.1 Å².